The molecule has 2 N–H and O–H groups in total. The summed E-state index contributed by atoms with van der Waals surface area (Å²) >= 11 is 0. The number of carbonyl (C=O) groups excluding carboxylic acids is 2. The van der Waals surface area contributed by atoms with Crippen LogP contribution in [0.25, 0.3) is 0 Å². The van der Waals surface area contributed by atoms with Crippen LogP contribution in [0.3, 0.4) is 0 Å². The van der Waals surface area contributed by atoms with Crippen LogP contribution < -0.4 is 15.4 Å². The van der Waals surface area contributed by atoms with E-state index in [9.17, 15) is 9.59 Å². The van der Waals surface area contributed by atoms with Gasteiger partial charge in [-0.05, 0) is 67.6 Å². The number of likely N-dealkylation sites (tertiary alicyclic amines) is 1. The molecule has 2 aromatic carbocycles. The van der Waals surface area contributed by atoms with Crippen LogP contribution in [-0.4, -0.2) is 42.5 Å². The van der Waals surface area contributed by atoms with E-state index in [1.54, 1.807) is 0 Å². The summed E-state index contributed by atoms with van der Waals surface area (Å²) in [5, 5.41) is 6.38. The first kappa shape index (κ1) is 19.3. The minimum Gasteiger partial charge on any atom is -0.482 e. The molecule has 0 saturated carbocycles. The molecule has 6 nitrogen and oxygen atoms in total. The highest BCUT2D eigenvalue weighted by Gasteiger charge is 2.24. The van der Waals surface area contributed by atoms with Gasteiger partial charge < -0.3 is 20.3 Å². The topological polar surface area (TPSA) is 70.7 Å². The van der Waals surface area contributed by atoms with Gasteiger partial charge in [-0.25, -0.2) is 0 Å². The summed E-state index contributed by atoms with van der Waals surface area (Å²) < 4.78 is 5.38. The second-order valence-corrected chi connectivity index (χ2v) is 7.97. The largest absolute Gasteiger partial charge is 0.482 e. The fraction of sp³-hybridized carbons (Fsp3) is 0.391. The maximum absolute atomic E-state index is 12.9. The highest BCUT2D eigenvalue weighted by molar-refractivity contribution is 5.95. The van der Waals surface area contributed by atoms with Gasteiger partial charge in [-0.15, -0.1) is 0 Å². The second-order valence-electron chi connectivity index (χ2n) is 7.97. The molecular weight excluding hydrogens is 366 g/mol. The zero-order valence-electron chi connectivity index (χ0n) is 17.0. The highest BCUT2D eigenvalue weighted by Crippen LogP contribution is 2.29. The normalized spacial score (nSPS) is 18.5. The van der Waals surface area contributed by atoms with E-state index in [0.29, 0.717) is 24.4 Å². The van der Waals surface area contributed by atoms with Crippen molar-refractivity contribution in [2.45, 2.75) is 39.2 Å². The first-order valence-corrected chi connectivity index (χ1v) is 10.1. The molecule has 1 atom stereocenters. The van der Waals surface area contributed by atoms with Crippen LogP contribution >= 0.6 is 0 Å². The van der Waals surface area contributed by atoms with Crippen LogP contribution in [0.5, 0.6) is 5.75 Å². The molecule has 2 heterocycles. The van der Waals surface area contributed by atoms with E-state index in [2.05, 4.69) is 42.7 Å². The molecule has 29 heavy (non-hydrogen) atoms. The summed E-state index contributed by atoms with van der Waals surface area (Å²) in [5.41, 5.74) is 5.17. The van der Waals surface area contributed by atoms with Crippen molar-refractivity contribution in [2.24, 2.45) is 0 Å². The molecule has 0 aliphatic carbocycles. The van der Waals surface area contributed by atoms with Crippen LogP contribution in [0.15, 0.2) is 36.4 Å². The van der Waals surface area contributed by atoms with Gasteiger partial charge in [0.15, 0.2) is 6.61 Å². The molecule has 6 heteroatoms. The van der Waals surface area contributed by atoms with Crippen molar-refractivity contribution in [2.75, 3.05) is 30.3 Å². The summed E-state index contributed by atoms with van der Waals surface area (Å²) in [4.78, 5) is 26.3. The van der Waals surface area contributed by atoms with Gasteiger partial charge in [0.2, 0.25) is 5.91 Å². The fourth-order valence-electron chi connectivity index (χ4n) is 3.92. The number of piperidine rings is 1. The summed E-state index contributed by atoms with van der Waals surface area (Å²) in [6, 6.07) is 12.2. The number of rotatable bonds is 4. The van der Waals surface area contributed by atoms with Crippen molar-refractivity contribution in [3.05, 3.63) is 53.1 Å². The van der Waals surface area contributed by atoms with Crippen LogP contribution in [0.2, 0.25) is 0 Å². The molecule has 4 rings (SSSR count). The Bertz CT molecular complexity index is 941. The summed E-state index contributed by atoms with van der Waals surface area (Å²) in [7, 11) is 0. The average Bonchev–Trinajstić information content (AvgIpc) is 2.70. The Hall–Kier alpha value is -3.02. The Morgan fingerprint density at radius 1 is 1.21 bits per heavy atom. The third-order valence-corrected chi connectivity index (χ3v) is 5.68. The summed E-state index contributed by atoms with van der Waals surface area (Å²) in [5.74, 6) is 0.591. The van der Waals surface area contributed by atoms with E-state index in [-0.39, 0.29) is 24.5 Å². The molecule has 0 unspecified atom stereocenters. The van der Waals surface area contributed by atoms with Crippen molar-refractivity contribution in [1.29, 1.82) is 0 Å². The Kier molecular flexibility index (Phi) is 5.43. The quantitative estimate of drug-likeness (QED) is 0.836. The van der Waals surface area contributed by atoms with Gasteiger partial charge in [-0.3, -0.25) is 9.59 Å². The Balaban J connectivity index is 1.38. The molecule has 2 aliphatic rings. The second kappa shape index (κ2) is 8.15. The zero-order valence-corrected chi connectivity index (χ0v) is 17.0. The number of anilines is 2. The Labute approximate surface area is 171 Å². The van der Waals surface area contributed by atoms with Crippen LogP contribution in [0.4, 0.5) is 11.4 Å². The van der Waals surface area contributed by atoms with Gasteiger partial charge in [0.05, 0.1) is 12.1 Å². The van der Waals surface area contributed by atoms with Gasteiger partial charge in [0.1, 0.15) is 5.75 Å². The molecule has 2 aromatic rings. The Morgan fingerprint density at radius 3 is 2.90 bits per heavy atom. The van der Waals surface area contributed by atoms with E-state index in [1.165, 1.54) is 11.1 Å². The molecule has 2 amide bonds. The number of ether oxygens (including phenoxy) is 1. The van der Waals surface area contributed by atoms with Gasteiger partial charge in [0, 0.05) is 24.8 Å². The predicted molar refractivity (Wildman–Crippen MR) is 113 cm³/mol. The van der Waals surface area contributed by atoms with Crippen molar-refractivity contribution < 1.29 is 14.3 Å². The monoisotopic (exact) mass is 393 g/mol. The number of aryl methyl sites for hydroxylation is 2. The van der Waals surface area contributed by atoms with E-state index in [1.807, 2.05) is 23.1 Å². The maximum Gasteiger partial charge on any atom is 0.262 e. The predicted octanol–water partition coefficient (Wildman–Crippen LogP) is 3.28. The van der Waals surface area contributed by atoms with Gasteiger partial charge in [-0.1, -0.05) is 12.1 Å². The molecule has 0 aromatic heterocycles. The standard InChI is InChI=1S/C23H27N3O3/c1-15-5-7-18(10-16(15)2)24-19-4-3-9-26(13-19)23(28)12-17-6-8-21-20(11-17)25-22(27)14-29-21/h5-8,10-11,19,24H,3-4,9,12-14H2,1-2H3,(H,25,27)/t19-/m1/s1. The number of nitrogens with zero attached hydrogens (tertiary/aromatic N) is 1. The number of amides is 2. The molecule has 0 bridgehead atoms. The van der Waals surface area contributed by atoms with Gasteiger partial charge in [-0.2, -0.15) is 0 Å². The van der Waals surface area contributed by atoms with E-state index in [0.717, 1.165) is 30.6 Å². The number of nitrogens with one attached hydrogen (secondary N) is 2. The van der Waals surface area contributed by atoms with Crippen molar-refractivity contribution >= 4 is 23.2 Å². The highest BCUT2D eigenvalue weighted by atomic mass is 16.5. The number of hydrogen-bond acceptors (Lipinski definition) is 4. The van der Waals surface area contributed by atoms with Gasteiger partial charge in [0.25, 0.3) is 5.91 Å². The number of fused-ring (bicyclic) bond motifs is 1. The average molecular weight is 393 g/mol. The molecule has 0 radical (unpaired) electrons. The zero-order chi connectivity index (χ0) is 20.4. The van der Waals surface area contributed by atoms with Crippen LogP contribution in [0, 0.1) is 13.8 Å². The molecule has 0 spiro atoms. The van der Waals surface area contributed by atoms with E-state index in [4.69, 9.17) is 4.74 Å². The maximum atomic E-state index is 12.9. The minimum absolute atomic E-state index is 0.0357. The molecule has 152 valence electrons. The molecule has 2 aliphatic heterocycles. The van der Waals surface area contributed by atoms with E-state index >= 15 is 0 Å². The molecular formula is C23H27N3O3. The number of carbonyl (C=O) groups is 2. The van der Waals surface area contributed by atoms with Gasteiger partial charge >= 0.3 is 0 Å². The molecule has 1 saturated heterocycles. The third-order valence-electron chi connectivity index (χ3n) is 5.68. The minimum atomic E-state index is -0.169. The Morgan fingerprint density at radius 2 is 2.07 bits per heavy atom. The fourth-order valence-corrected chi connectivity index (χ4v) is 3.92. The molecule has 1 fully saturated rings. The lowest BCUT2D eigenvalue weighted by Gasteiger charge is -2.34. The summed E-state index contributed by atoms with van der Waals surface area (Å²) in [6.07, 6.45) is 2.36. The number of hydrogen-bond donors (Lipinski definition) is 2. The smallest absolute Gasteiger partial charge is 0.262 e. The lowest BCUT2D eigenvalue weighted by Crippen LogP contribution is -2.45. The van der Waals surface area contributed by atoms with Crippen molar-refractivity contribution in [3.8, 4) is 5.75 Å². The van der Waals surface area contributed by atoms with Crippen LogP contribution in [-0.2, 0) is 16.0 Å². The number of benzene rings is 2. The van der Waals surface area contributed by atoms with Crippen molar-refractivity contribution in [1.82, 2.24) is 4.90 Å². The SMILES string of the molecule is Cc1ccc(N[C@@H]2CCCN(C(=O)Cc3ccc4c(c3)NC(=O)CO4)C2)cc1C. The summed E-state index contributed by atoms with van der Waals surface area (Å²) in [6.45, 7) is 5.75. The van der Waals surface area contributed by atoms with Crippen LogP contribution in [0.1, 0.15) is 29.5 Å². The third kappa shape index (κ3) is 4.53. The van der Waals surface area contributed by atoms with Crippen molar-refractivity contribution in [3.63, 3.8) is 0 Å². The van der Waals surface area contributed by atoms with E-state index < -0.39 is 0 Å². The first-order valence-electron chi connectivity index (χ1n) is 10.1. The lowest BCUT2D eigenvalue weighted by molar-refractivity contribution is -0.131. The first-order chi connectivity index (χ1) is 14.0. The lowest BCUT2D eigenvalue weighted by atomic mass is 10.0.